The van der Waals surface area contributed by atoms with Gasteiger partial charge in [-0.2, -0.15) is 0 Å². The number of benzene rings is 3. The van der Waals surface area contributed by atoms with Crippen molar-refractivity contribution < 1.29 is 14.3 Å². The van der Waals surface area contributed by atoms with Gasteiger partial charge in [0.05, 0.1) is 18.8 Å². The summed E-state index contributed by atoms with van der Waals surface area (Å²) in [6.07, 6.45) is 1.31. The molecule has 180 valence electrons. The van der Waals surface area contributed by atoms with E-state index in [0.29, 0.717) is 6.42 Å². The molecule has 3 aromatic rings. The third-order valence-corrected chi connectivity index (χ3v) is 12.1. The summed E-state index contributed by atoms with van der Waals surface area (Å²) >= 11 is 0. The van der Waals surface area contributed by atoms with Gasteiger partial charge in [-0.05, 0) is 40.4 Å². The highest BCUT2D eigenvalue weighted by molar-refractivity contribution is 6.99. The van der Waals surface area contributed by atoms with Gasteiger partial charge in [0.2, 0.25) is 0 Å². The van der Waals surface area contributed by atoms with Crippen molar-refractivity contribution in [1.82, 2.24) is 0 Å². The van der Waals surface area contributed by atoms with Crippen molar-refractivity contribution in [3.8, 4) is 0 Å². The van der Waals surface area contributed by atoms with Crippen LogP contribution in [0, 0.1) is 0 Å². The van der Waals surface area contributed by atoms with Crippen molar-refractivity contribution in [2.75, 3.05) is 19.0 Å². The minimum Gasteiger partial charge on any atom is -0.404 e. The highest BCUT2D eigenvalue weighted by Crippen LogP contribution is 2.40. The Bertz CT molecular complexity index is 1000. The molecule has 5 heteroatoms. The predicted octanol–water partition coefficient (Wildman–Crippen LogP) is 4.58. The van der Waals surface area contributed by atoms with Crippen molar-refractivity contribution >= 4 is 24.4 Å². The molecular weight excluding hydrogens is 438 g/mol. The van der Waals surface area contributed by atoms with E-state index in [2.05, 4.69) is 74.6 Å². The fourth-order valence-corrected chi connectivity index (χ4v) is 10.0. The number of aliphatic hydroxyl groups is 1. The number of rotatable bonds is 8. The van der Waals surface area contributed by atoms with E-state index < -0.39 is 13.9 Å². The number of methoxy groups -OCH3 is 1. The quantitative estimate of drug-likeness (QED) is 0.468. The van der Waals surface area contributed by atoms with E-state index in [4.69, 9.17) is 9.16 Å². The molecule has 0 spiro atoms. The SMILES string of the molecule is CO[C@@H]1CC[C@@](O)(CO[Si](c2ccccc2)(c2ccccc2)C(C)(C)C)[C@H]1Nc1ccccc1. The number of para-hydroxylation sites is 1. The Morgan fingerprint density at radius 2 is 1.38 bits per heavy atom. The first-order valence-corrected chi connectivity index (χ1v) is 14.0. The number of nitrogens with one attached hydrogen (secondary N) is 1. The van der Waals surface area contributed by atoms with Crippen molar-refractivity contribution in [2.45, 2.75) is 56.4 Å². The van der Waals surface area contributed by atoms with Gasteiger partial charge in [0.15, 0.2) is 0 Å². The van der Waals surface area contributed by atoms with Crippen LogP contribution in [0.4, 0.5) is 5.69 Å². The average Bonchev–Trinajstić information content (AvgIpc) is 3.16. The van der Waals surface area contributed by atoms with Gasteiger partial charge in [0, 0.05) is 12.8 Å². The highest BCUT2D eigenvalue weighted by atomic mass is 28.4. The normalized spacial score (nSPS) is 23.1. The topological polar surface area (TPSA) is 50.7 Å². The molecule has 2 N–H and O–H groups in total. The molecule has 0 unspecified atom stereocenters. The smallest absolute Gasteiger partial charge is 0.261 e. The lowest BCUT2D eigenvalue weighted by molar-refractivity contribution is -0.0270. The maximum Gasteiger partial charge on any atom is 0.261 e. The van der Waals surface area contributed by atoms with Crippen LogP contribution in [0.3, 0.4) is 0 Å². The van der Waals surface area contributed by atoms with E-state index >= 15 is 0 Å². The molecule has 3 aromatic carbocycles. The van der Waals surface area contributed by atoms with Crippen LogP contribution in [-0.2, 0) is 9.16 Å². The first-order chi connectivity index (χ1) is 16.3. The summed E-state index contributed by atoms with van der Waals surface area (Å²) in [7, 11) is -1.02. The molecule has 1 aliphatic carbocycles. The number of anilines is 1. The van der Waals surface area contributed by atoms with Crippen molar-refractivity contribution in [3.05, 3.63) is 91.0 Å². The molecule has 0 amide bonds. The third kappa shape index (κ3) is 4.71. The Kier molecular flexibility index (Phi) is 7.29. The van der Waals surface area contributed by atoms with Crippen molar-refractivity contribution in [2.24, 2.45) is 0 Å². The molecule has 4 nitrogen and oxygen atoms in total. The number of hydrogen-bond donors (Lipinski definition) is 2. The molecule has 0 bridgehead atoms. The summed E-state index contributed by atoms with van der Waals surface area (Å²) < 4.78 is 12.9. The van der Waals surface area contributed by atoms with Gasteiger partial charge in [0.1, 0.15) is 5.60 Å². The molecule has 0 aromatic heterocycles. The second kappa shape index (κ2) is 10.0. The summed E-state index contributed by atoms with van der Waals surface area (Å²) in [5, 5.41) is 17.8. The molecule has 0 radical (unpaired) electrons. The van der Waals surface area contributed by atoms with Gasteiger partial charge in [-0.25, -0.2) is 0 Å². The summed E-state index contributed by atoms with van der Waals surface area (Å²) in [6, 6.07) is 30.9. The fraction of sp³-hybridized carbons (Fsp3) is 0.379. The molecule has 1 fully saturated rings. The number of ether oxygens (including phenoxy) is 1. The maximum absolute atomic E-state index is 12.0. The Morgan fingerprint density at radius 1 is 0.882 bits per heavy atom. The van der Waals surface area contributed by atoms with Crippen LogP contribution in [0.2, 0.25) is 5.04 Å². The predicted molar refractivity (Wildman–Crippen MR) is 142 cm³/mol. The Labute approximate surface area is 205 Å². The molecule has 0 heterocycles. The van der Waals surface area contributed by atoms with Crippen LogP contribution in [0.5, 0.6) is 0 Å². The molecular formula is C29H37NO3Si. The van der Waals surface area contributed by atoms with Crippen molar-refractivity contribution in [3.63, 3.8) is 0 Å². The molecule has 1 aliphatic rings. The zero-order chi connectivity index (χ0) is 24.2. The minimum absolute atomic E-state index is 0.0899. The van der Waals surface area contributed by atoms with Gasteiger partial charge < -0.3 is 19.6 Å². The summed E-state index contributed by atoms with van der Waals surface area (Å²) in [5.74, 6) is 0. The van der Waals surface area contributed by atoms with Gasteiger partial charge in [-0.15, -0.1) is 0 Å². The zero-order valence-corrected chi connectivity index (χ0v) is 21.7. The lowest BCUT2D eigenvalue weighted by atomic mass is 9.97. The van der Waals surface area contributed by atoms with E-state index in [1.54, 1.807) is 7.11 Å². The van der Waals surface area contributed by atoms with E-state index in [1.165, 1.54) is 10.4 Å². The highest BCUT2D eigenvalue weighted by Gasteiger charge is 2.54. The molecule has 4 rings (SSSR count). The largest absolute Gasteiger partial charge is 0.404 e. The lowest BCUT2D eigenvalue weighted by Crippen LogP contribution is -2.68. The molecule has 0 aliphatic heterocycles. The van der Waals surface area contributed by atoms with Gasteiger partial charge in [0.25, 0.3) is 8.32 Å². The van der Waals surface area contributed by atoms with Crippen LogP contribution < -0.4 is 15.7 Å². The molecule has 34 heavy (non-hydrogen) atoms. The van der Waals surface area contributed by atoms with Crippen LogP contribution in [-0.4, -0.2) is 44.9 Å². The van der Waals surface area contributed by atoms with Crippen LogP contribution in [0.15, 0.2) is 91.0 Å². The van der Waals surface area contributed by atoms with Crippen LogP contribution in [0.1, 0.15) is 33.6 Å². The summed E-state index contributed by atoms with van der Waals surface area (Å²) in [6.45, 7) is 7.02. The van der Waals surface area contributed by atoms with Crippen LogP contribution >= 0.6 is 0 Å². The summed E-state index contributed by atoms with van der Waals surface area (Å²) in [5.41, 5.74) is -0.0795. The van der Waals surface area contributed by atoms with E-state index in [9.17, 15) is 5.11 Å². The molecule has 1 saturated carbocycles. The monoisotopic (exact) mass is 475 g/mol. The van der Waals surface area contributed by atoms with Gasteiger partial charge >= 0.3 is 0 Å². The fourth-order valence-electron chi connectivity index (χ4n) is 5.41. The average molecular weight is 476 g/mol. The Morgan fingerprint density at radius 3 is 1.85 bits per heavy atom. The maximum atomic E-state index is 12.0. The van der Waals surface area contributed by atoms with Crippen molar-refractivity contribution in [1.29, 1.82) is 0 Å². The zero-order valence-electron chi connectivity index (χ0n) is 20.7. The van der Waals surface area contributed by atoms with Crippen LogP contribution in [0.25, 0.3) is 0 Å². The molecule has 3 atom stereocenters. The Hall–Kier alpha value is -2.44. The third-order valence-electron chi connectivity index (χ3n) is 7.17. The first kappa shape index (κ1) is 24.7. The number of hydrogen-bond acceptors (Lipinski definition) is 4. The van der Waals surface area contributed by atoms with Gasteiger partial charge in [-0.3, -0.25) is 0 Å². The first-order valence-electron chi connectivity index (χ1n) is 12.1. The van der Waals surface area contributed by atoms with E-state index in [1.807, 2.05) is 42.5 Å². The molecule has 0 saturated heterocycles. The Balaban J connectivity index is 1.72. The standard InChI is InChI=1S/C29H37NO3Si/c1-28(2,3)34(24-16-10-6-11-17-24,25-18-12-7-13-19-25)33-22-29(31)21-20-26(32-4)27(29)30-23-14-8-5-9-15-23/h5-19,26-27,30-31H,20-22H2,1-4H3/t26-,27+,29-/m1/s1. The van der Waals surface area contributed by atoms with E-state index in [-0.39, 0.29) is 23.8 Å². The second-order valence-electron chi connectivity index (χ2n) is 10.4. The minimum atomic E-state index is -2.75. The lowest BCUT2D eigenvalue weighted by Gasteiger charge is -2.45. The second-order valence-corrected chi connectivity index (χ2v) is 14.7. The van der Waals surface area contributed by atoms with E-state index in [0.717, 1.165) is 12.1 Å². The summed E-state index contributed by atoms with van der Waals surface area (Å²) in [4.78, 5) is 0. The van der Waals surface area contributed by atoms with Gasteiger partial charge in [-0.1, -0.05) is 99.6 Å².